The van der Waals surface area contributed by atoms with Gasteiger partial charge in [0.2, 0.25) is 0 Å². The van der Waals surface area contributed by atoms with Crippen molar-refractivity contribution in [3.8, 4) is 0 Å². The van der Waals surface area contributed by atoms with E-state index < -0.39 is 0 Å². The number of para-hydroxylation sites is 1. The van der Waals surface area contributed by atoms with E-state index in [2.05, 4.69) is 10.2 Å². The van der Waals surface area contributed by atoms with Crippen molar-refractivity contribution in [2.24, 2.45) is 0 Å². The number of nitrogens with one attached hydrogen (secondary N) is 1. The minimum atomic E-state index is 0.470. The Morgan fingerprint density at radius 3 is 3.00 bits per heavy atom. The van der Waals surface area contributed by atoms with Crippen LogP contribution in [0.2, 0.25) is 5.02 Å². The maximum absolute atomic E-state index is 6.16. The van der Waals surface area contributed by atoms with Crippen LogP contribution in [0.3, 0.4) is 0 Å². The predicted molar refractivity (Wildman–Crippen MR) is 83.5 cm³/mol. The van der Waals surface area contributed by atoms with Crippen molar-refractivity contribution < 1.29 is 4.74 Å². The highest BCUT2D eigenvalue weighted by Gasteiger charge is 2.33. The molecule has 3 rings (SSSR count). The summed E-state index contributed by atoms with van der Waals surface area (Å²) in [5.41, 5.74) is 1.03. The third kappa shape index (κ3) is 3.27. The van der Waals surface area contributed by atoms with Gasteiger partial charge in [0.1, 0.15) is 0 Å². The summed E-state index contributed by atoms with van der Waals surface area (Å²) < 4.78 is 5.91. The molecule has 110 valence electrons. The van der Waals surface area contributed by atoms with Crippen LogP contribution < -0.4 is 5.32 Å². The van der Waals surface area contributed by atoms with Gasteiger partial charge in [0.25, 0.3) is 0 Å². The molecule has 0 bridgehead atoms. The van der Waals surface area contributed by atoms with Gasteiger partial charge in [-0.2, -0.15) is 0 Å². The number of benzene rings is 1. The van der Waals surface area contributed by atoms with Crippen molar-refractivity contribution in [3.63, 3.8) is 0 Å². The monoisotopic (exact) mass is 294 g/mol. The number of morpholine rings is 1. The molecule has 20 heavy (non-hydrogen) atoms. The summed E-state index contributed by atoms with van der Waals surface area (Å²) in [4.78, 5) is 2.59. The van der Waals surface area contributed by atoms with E-state index in [0.717, 1.165) is 37.0 Å². The fraction of sp³-hybridized carbons (Fsp3) is 0.625. The van der Waals surface area contributed by atoms with Crippen LogP contribution in [0.4, 0.5) is 5.69 Å². The van der Waals surface area contributed by atoms with Crippen LogP contribution in [-0.4, -0.2) is 43.3 Å². The van der Waals surface area contributed by atoms with E-state index in [1.807, 2.05) is 24.3 Å². The molecule has 2 unspecified atom stereocenters. The van der Waals surface area contributed by atoms with Crippen LogP contribution >= 0.6 is 11.6 Å². The third-order valence-corrected chi connectivity index (χ3v) is 4.77. The molecule has 2 aliphatic rings. The number of fused-ring (bicyclic) bond motifs is 1. The molecule has 0 amide bonds. The summed E-state index contributed by atoms with van der Waals surface area (Å²) in [6, 6.07) is 8.56. The van der Waals surface area contributed by atoms with Gasteiger partial charge in [-0.3, -0.25) is 4.90 Å². The first-order valence-corrected chi connectivity index (χ1v) is 8.06. The highest BCUT2D eigenvalue weighted by Crippen LogP contribution is 2.28. The van der Waals surface area contributed by atoms with Gasteiger partial charge in [-0.25, -0.2) is 0 Å². The minimum absolute atomic E-state index is 0.470. The fourth-order valence-corrected chi connectivity index (χ4v) is 3.60. The first-order chi connectivity index (χ1) is 9.84. The highest BCUT2D eigenvalue weighted by molar-refractivity contribution is 6.33. The SMILES string of the molecule is Clc1ccccc1NCCN1CCOC2CCCCC21. The summed E-state index contributed by atoms with van der Waals surface area (Å²) in [6.07, 6.45) is 5.67. The van der Waals surface area contributed by atoms with Gasteiger partial charge in [0.05, 0.1) is 23.4 Å². The molecule has 1 N–H and O–H groups in total. The second kappa shape index (κ2) is 6.79. The van der Waals surface area contributed by atoms with E-state index in [4.69, 9.17) is 16.3 Å². The summed E-state index contributed by atoms with van der Waals surface area (Å²) in [5, 5.41) is 4.24. The Labute approximate surface area is 126 Å². The Morgan fingerprint density at radius 1 is 1.25 bits per heavy atom. The van der Waals surface area contributed by atoms with E-state index in [1.54, 1.807) is 0 Å². The molecule has 2 fully saturated rings. The second-order valence-corrected chi connectivity index (χ2v) is 6.11. The van der Waals surface area contributed by atoms with Crippen molar-refractivity contribution in [2.75, 3.05) is 31.6 Å². The Morgan fingerprint density at radius 2 is 2.10 bits per heavy atom. The number of hydrogen-bond acceptors (Lipinski definition) is 3. The van der Waals surface area contributed by atoms with Crippen molar-refractivity contribution in [1.29, 1.82) is 0 Å². The Balaban J connectivity index is 1.51. The van der Waals surface area contributed by atoms with E-state index >= 15 is 0 Å². The van der Waals surface area contributed by atoms with E-state index in [0.29, 0.717) is 12.1 Å². The van der Waals surface area contributed by atoms with E-state index in [1.165, 1.54) is 25.7 Å². The third-order valence-electron chi connectivity index (χ3n) is 4.44. The lowest BCUT2D eigenvalue weighted by molar-refractivity contribution is -0.0865. The van der Waals surface area contributed by atoms with Crippen molar-refractivity contribution >= 4 is 17.3 Å². The van der Waals surface area contributed by atoms with Gasteiger partial charge in [-0.05, 0) is 25.0 Å². The zero-order valence-electron chi connectivity index (χ0n) is 11.9. The lowest BCUT2D eigenvalue weighted by Crippen LogP contribution is -2.53. The maximum Gasteiger partial charge on any atom is 0.0730 e. The molecule has 3 nitrogen and oxygen atoms in total. The lowest BCUT2D eigenvalue weighted by Gasteiger charge is -2.43. The van der Waals surface area contributed by atoms with Crippen LogP contribution in [0.1, 0.15) is 25.7 Å². The number of rotatable bonds is 4. The van der Waals surface area contributed by atoms with Crippen LogP contribution in [0.25, 0.3) is 0 Å². The van der Waals surface area contributed by atoms with Crippen LogP contribution in [0, 0.1) is 0 Å². The molecule has 2 atom stereocenters. The molecule has 1 heterocycles. The Hall–Kier alpha value is -0.770. The fourth-order valence-electron chi connectivity index (χ4n) is 3.39. The molecule has 0 aromatic heterocycles. The molecule has 1 saturated carbocycles. The van der Waals surface area contributed by atoms with Gasteiger partial charge in [-0.1, -0.05) is 36.6 Å². The van der Waals surface area contributed by atoms with Crippen LogP contribution in [-0.2, 0) is 4.74 Å². The van der Waals surface area contributed by atoms with Gasteiger partial charge in [0.15, 0.2) is 0 Å². The highest BCUT2D eigenvalue weighted by atomic mass is 35.5. The van der Waals surface area contributed by atoms with E-state index in [-0.39, 0.29) is 0 Å². The summed E-state index contributed by atoms with van der Waals surface area (Å²) in [6.45, 7) is 3.95. The van der Waals surface area contributed by atoms with Gasteiger partial charge < -0.3 is 10.1 Å². The summed E-state index contributed by atoms with van der Waals surface area (Å²) in [7, 11) is 0. The molecular formula is C16H23ClN2O. The molecule has 1 aliphatic carbocycles. The van der Waals surface area contributed by atoms with E-state index in [9.17, 15) is 0 Å². The van der Waals surface area contributed by atoms with Crippen molar-refractivity contribution in [1.82, 2.24) is 4.90 Å². The number of halogens is 1. The molecular weight excluding hydrogens is 272 g/mol. The average molecular weight is 295 g/mol. The van der Waals surface area contributed by atoms with Gasteiger partial charge in [0, 0.05) is 25.7 Å². The number of anilines is 1. The number of hydrogen-bond donors (Lipinski definition) is 1. The van der Waals surface area contributed by atoms with Gasteiger partial charge >= 0.3 is 0 Å². The lowest BCUT2D eigenvalue weighted by atomic mass is 9.90. The summed E-state index contributed by atoms with van der Waals surface area (Å²) >= 11 is 6.16. The maximum atomic E-state index is 6.16. The summed E-state index contributed by atoms with van der Waals surface area (Å²) in [5.74, 6) is 0. The second-order valence-electron chi connectivity index (χ2n) is 5.70. The molecule has 1 aromatic carbocycles. The molecule has 0 spiro atoms. The smallest absolute Gasteiger partial charge is 0.0730 e. The molecule has 1 aromatic rings. The van der Waals surface area contributed by atoms with Gasteiger partial charge in [-0.15, -0.1) is 0 Å². The number of ether oxygens (including phenoxy) is 1. The normalized spacial score (nSPS) is 27.1. The van der Waals surface area contributed by atoms with Crippen LogP contribution in [0.5, 0.6) is 0 Å². The Bertz CT molecular complexity index is 438. The molecule has 0 radical (unpaired) electrons. The quantitative estimate of drug-likeness (QED) is 0.921. The molecule has 4 heteroatoms. The topological polar surface area (TPSA) is 24.5 Å². The number of nitrogens with zero attached hydrogens (tertiary/aromatic N) is 1. The van der Waals surface area contributed by atoms with Crippen molar-refractivity contribution in [3.05, 3.63) is 29.3 Å². The minimum Gasteiger partial charge on any atom is -0.383 e. The predicted octanol–water partition coefficient (Wildman–Crippen LogP) is 3.40. The molecule has 1 aliphatic heterocycles. The first kappa shape index (κ1) is 14.2. The zero-order chi connectivity index (χ0) is 13.8. The average Bonchev–Trinajstić information content (AvgIpc) is 2.49. The standard InChI is InChI=1S/C16H23ClN2O/c17-13-5-1-2-6-14(13)18-9-10-19-11-12-20-16-8-4-3-7-15(16)19/h1-2,5-6,15-16,18H,3-4,7-12H2. The van der Waals surface area contributed by atoms with Crippen molar-refractivity contribution in [2.45, 2.75) is 37.8 Å². The largest absolute Gasteiger partial charge is 0.383 e. The zero-order valence-corrected chi connectivity index (χ0v) is 12.6. The molecule has 1 saturated heterocycles. The first-order valence-electron chi connectivity index (χ1n) is 7.68. The van der Waals surface area contributed by atoms with Crippen LogP contribution in [0.15, 0.2) is 24.3 Å². The Kier molecular flexibility index (Phi) is 4.81.